The van der Waals surface area contributed by atoms with E-state index in [2.05, 4.69) is 15.3 Å². The molecule has 28 heavy (non-hydrogen) atoms. The van der Waals surface area contributed by atoms with E-state index in [1.165, 1.54) is 12.1 Å². The lowest BCUT2D eigenvalue weighted by molar-refractivity contribution is 0.126. The first-order valence-corrected chi connectivity index (χ1v) is 8.97. The van der Waals surface area contributed by atoms with Gasteiger partial charge in [-0.05, 0) is 43.3 Å². The van der Waals surface area contributed by atoms with E-state index in [1.807, 2.05) is 6.92 Å². The van der Waals surface area contributed by atoms with Crippen LogP contribution in [0.3, 0.4) is 0 Å². The SMILES string of the molecule is Cc1cnc(CC2CN(C(=O)Nc3nc(-c4ccc(F)cc4)ccc3N)C2)o1. The van der Waals surface area contributed by atoms with Gasteiger partial charge in [-0.2, -0.15) is 0 Å². The van der Waals surface area contributed by atoms with E-state index in [0.717, 1.165) is 11.3 Å². The number of benzene rings is 1. The maximum absolute atomic E-state index is 13.1. The minimum absolute atomic E-state index is 0.254. The summed E-state index contributed by atoms with van der Waals surface area (Å²) < 4.78 is 18.6. The Labute approximate surface area is 161 Å². The summed E-state index contributed by atoms with van der Waals surface area (Å²) in [7, 11) is 0. The molecule has 1 aliphatic heterocycles. The number of anilines is 2. The third-order valence-corrected chi connectivity index (χ3v) is 4.67. The predicted molar refractivity (Wildman–Crippen MR) is 103 cm³/mol. The van der Waals surface area contributed by atoms with Gasteiger partial charge in [0.2, 0.25) is 0 Å². The number of halogens is 1. The maximum atomic E-state index is 13.1. The first-order valence-electron chi connectivity index (χ1n) is 8.97. The Balaban J connectivity index is 1.38. The van der Waals surface area contributed by atoms with Crippen molar-refractivity contribution in [3.05, 3.63) is 60.1 Å². The second-order valence-electron chi connectivity index (χ2n) is 6.91. The zero-order valence-electron chi connectivity index (χ0n) is 15.4. The summed E-state index contributed by atoms with van der Waals surface area (Å²) >= 11 is 0. The lowest BCUT2D eigenvalue weighted by atomic mass is 9.97. The van der Waals surface area contributed by atoms with E-state index in [9.17, 15) is 9.18 Å². The molecule has 0 bridgehead atoms. The Morgan fingerprint density at radius 1 is 1.29 bits per heavy atom. The number of nitrogens with two attached hydrogens (primary N) is 1. The van der Waals surface area contributed by atoms with E-state index in [0.29, 0.717) is 48.5 Å². The number of hydrogen-bond donors (Lipinski definition) is 2. The van der Waals surface area contributed by atoms with Crippen LogP contribution in [0.5, 0.6) is 0 Å². The van der Waals surface area contributed by atoms with Crippen LogP contribution in [0, 0.1) is 18.7 Å². The Hall–Kier alpha value is -3.42. The van der Waals surface area contributed by atoms with Gasteiger partial charge in [0.15, 0.2) is 11.7 Å². The molecule has 3 heterocycles. The molecule has 1 saturated heterocycles. The molecule has 3 N–H and O–H groups in total. The molecule has 8 heteroatoms. The van der Waals surface area contributed by atoms with Crippen LogP contribution in [-0.2, 0) is 6.42 Å². The number of amides is 2. The van der Waals surface area contributed by atoms with Gasteiger partial charge in [-0.1, -0.05) is 0 Å². The smallest absolute Gasteiger partial charge is 0.323 e. The van der Waals surface area contributed by atoms with Crippen molar-refractivity contribution < 1.29 is 13.6 Å². The zero-order valence-corrected chi connectivity index (χ0v) is 15.4. The van der Waals surface area contributed by atoms with Crippen molar-refractivity contribution >= 4 is 17.5 Å². The largest absolute Gasteiger partial charge is 0.446 e. The number of oxazole rings is 1. The Bertz CT molecular complexity index is 996. The molecule has 0 saturated carbocycles. The van der Waals surface area contributed by atoms with Gasteiger partial charge in [-0.3, -0.25) is 5.32 Å². The van der Waals surface area contributed by atoms with Crippen LogP contribution < -0.4 is 11.1 Å². The predicted octanol–water partition coefficient (Wildman–Crippen LogP) is 3.47. The minimum atomic E-state index is -0.319. The van der Waals surface area contributed by atoms with Gasteiger partial charge in [0.25, 0.3) is 0 Å². The second kappa shape index (κ2) is 7.30. The molecule has 1 fully saturated rings. The topological polar surface area (TPSA) is 97.3 Å². The lowest BCUT2D eigenvalue weighted by Crippen LogP contribution is -2.52. The zero-order chi connectivity index (χ0) is 19.7. The fourth-order valence-corrected chi connectivity index (χ4v) is 3.14. The number of carbonyl (C=O) groups is 1. The fourth-order valence-electron chi connectivity index (χ4n) is 3.14. The van der Waals surface area contributed by atoms with Gasteiger partial charge in [0.1, 0.15) is 11.6 Å². The van der Waals surface area contributed by atoms with Gasteiger partial charge in [-0.15, -0.1) is 0 Å². The molecule has 2 amide bonds. The molecule has 7 nitrogen and oxygen atoms in total. The summed E-state index contributed by atoms with van der Waals surface area (Å²) in [6, 6.07) is 9.13. The highest BCUT2D eigenvalue weighted by Gasteiger charge is 2.32. The molecule has 144 valence electrons. The van der Waals surface area contributed by atoms with Crippen molar-refractivity contribution in [2.45, 2.75) is 13.3 Å². The van der Waals surface area contributed by atoms with E-state index in [4.69, 9.17) is 10.2 Å². The third kappa shape index (κ3) is 3.80. The highest BCUT2D eigenvalue weighted by atomic mass is 19.1. The van der Waals surface area contributed by atoms with Crippen molar-refractivity contribution in [2.24, 2.45) is 5.92 Å². The van der Waals surface area contributed by atoms with Gasteiger partial charge in [-0.25, -0.2) is 19.2 Å². The maximum Gasteiger partial charge on any atom is 0.323 e. The monoisotopic (exact) mass is 381 g/mol. The Kier molecular flexibility index (Phi) is 4.68. The van der Waals surface area contributed by atoms with Gasteiger partial charge in [0.05, 0.1) is 17.6 Å². The van der Waals surface area contributed by atoms with Crippen LogP contribution in [0.1, 0.15) is 11.7 Å². The highest BCUT2D eigenvalue weighted by molar-refractivity contribution is 5.92. The number of likely N-dealkylation sites (tertiary alicyclic amines) is 1. The van der Waals surface area contributed by atoms with Crippen LogP contribution in [0.15, 0.2) is 47.0 Å². The normalized spacial score (nSPS) is 14.0. The summed E-state index contributed by atoms with van der Waals surface area (Å²) in [5, 5.41) is 2.76. The van der Waals surface area contributed by atoms with Crippen molar-refractivity contribution in [3.63, 3.8) is 0 Å². The molecule has 4 rings (SSSR count). The number of pyridine rings is 1. The molecule has 3 aromatic rings. The lowest BCUT2D eigenvalue weighted by Gasteiger charge is -2.38. The number of aromatic nitrogens is 2. The van der Waals surface area contributed by atoms with Crippen molar-refractivity contribution in [1.29, 1.82) is 0 Å². The molecular weight excluding hydrogens is 361 g/mol. The minimum Gasteiger partial charge on any atom is -0.446 e. The van der Waals surface area contributed by atoms with Gasteiger partial charge >= 0.3 is 6.03 Å². The summed E-state index contributed by atoms with van der Waals surface area (Å²) in [5.41, 5.74) is 7.66. The molecule has 0 atom stereocenters. The number of rotatable bonds is 4. The van der Waals surface area contributed by atoms with E-state index < -0.39 is 0 Å². The second-order valence-corrected chi connectivity index (χ2v) is 6.91. The Morgan fingerprint density at radius 3 is 2.71 bits per heavy atom. The molecule has 0 aliphatic carbocycles. The number of nitrogens with zero attached hydrogens (tertiary/aromatic N) is 3. The first-order chi connectivity index (χ1) is 13.5. The molecule has 1 aliphatic rings. The average molecular weight is 381 g/mol. The number of hydrogen-bond acceptors (Lipinski definition) is 5. The van der Waals surface area contributed by atoms with E-state index in [1.54, 1.807) is 35.4 Å². The third-order valence-electron chi connectivity index (χ3n) is 4.67. The molecule has 0 unspecified atom stereocenters. The molecule has 1 aromatic carbocycles. The molecule has 2 aromatic heterocycles. The van der Waals surface area contributed by atoms with Crippen LogP contribution in [0.4, 0.5) is 20.7 Å². The van der Waals surface area contributed by atoms with Gasteiger partial charge < -0.3 is 15.1 Å². The van der Waals surface area contributed by atoms with Crippen molar-refractivity contribution in [2.75, 3.05) is 24.1 Å². The average Bonchev–Trinajstić information content (AvgIpc) is 3.05. The standard InChI is InChI=1S/C20H20FN5O2/c1-12-9-23-18(28-12)8-13-10-26(11-13)20(27)25-19-16(22)6-7-17(24-19)14-2-4-15(21)5-3-14/h2-7,9,13H,8,10-11,22H2,1H3,(H,24,25,27). The van der Waals surface area contributed by atoms with E-state index >= 15 is 0 Å². The van der Waals surface area contributed by atoms with Crippen molar-refractivity contribution in [1.82, 2.24) is 14.9 Å². The number of nitrogens with one attached hydrogen (secondary N) is 1. The number of nitrogen functional groups attached to an aromatic ring is 1. The van der Waals surface area contributed by atoms with E-state index in [-0.39, 0.29) is 11.8 Å². The first kappa shape index (κ1) is 18.0. The molecular formula is C20H20FN5O2. The summed E-state index contributed by atoms with van der Waals surface area (Å²) in [6.07, 6.45) is 2.40. The number of carbonyl (C=O) groups excluding carboxylic acids is 1. The summed E-state index contributed by atoms with van der Waals surface area (Å²) in [4.78, 5) is 22.8. The number of aryl methyl sites for hydroxylation is 1. The highest BCUT2D eigenvalue weighted by Crippen LogP contribution is 2.25. The van der Waals surface area contributed by atoms with Crippen molar-refractivity contribution in [3.8, 4) is 11.3 Å². The van der Waals surface area contributed by atoms with Crippen LogP contribution >= 0.6 is 0 Å². The molecule has 0 spiro atoms. The van der Waals surface area contributed by atoms with Gasteiger partial charge in [0, 0.05) is 31.0 Å². The quantitative estimate of drug-likeness (QED) is 0.721. The van der Waals surface area contributed by atoms with Crippen LogP contribution in [0.25, 0.3) is 11.3 Å². The summed E-state index contributed by atoms with van der Waals surface area (Å²) in [5.74, 6) is 1.77. The van der Waals surface area contributed by atoms with Crippen LogP contribution in [0.2, 0.25) is 0 Å². The number of urea groups is 1. The summed E-state index contributed by atoms with van der Waals surface area (Å²) in [6.45, 7) is 3.09. The fraction of sp³-hybridized carbons (Fsp3) is 0.250. The molecule has 0 radical (unpaired) electrons. The Morgan fingerprint density at radius 2 is 2.04 bits per heavy atom. The van der Waals surface area contributed by atoms with Crippen LogP contribution in [-0.4, -0.2) is 34.0 Å².